The molecule has 0 radical (unpaired) electrons. The average Bonchev–Trinajstić information content (AvgIpc) is 3.59. The molecule has 2 aliphatic rings. The van der Waals surface area contributed by atoms with E-state index >= 15 is 0 Å². The first-order valence-corrected chi connectivity index (χ1v) is 16.6. The summed E-state index contributed by atoms with van der Waals surface area (Å²) in [7, 11) is -3.58. The molecule has 244 valence electrons. The SMILES string of the molecule is CCS(=O)(=O)c1ccc2c(c1)CN(C(=O)OCC1c3ccccc3-c3ccccc31)C2C(=O)Nc1ccc(C(C)(O)C(F)(F)F)cc1. The van der Waals surface area contributed by atoms with Crippen molar-refractivity contribution in [3.8, 4) is 11.1 Å². The van der Waals surface area contributed by atoms with E-state index in [-0.39, 0.29) is 35.4 Å². The molecule has 0 spiro atoms. The first-order valence-electron chi connectivity index (χ1n) is 14.9. The fourth-order valence-electron chi connectivity index (χ4n) is 6.17. The molecule has 2 N–H and O–H groups in total. The van der Waals surface area contributed by atoms with Gasteiger partial charge in [0.1, 0.15) is 12.6 Å². The summed E-state index contributed by atoms with van der Waals surface area (Å²) in [6.45, 7) is 2.03. The van der Waals surface area contributed by atoms with E-state index in [0.717, 1.165) is 34.4 Å². The van der Waals surface area contributed by atoms with E-state index in [9.17, 15) is 36.3 Å². The second kappa shape index (κ2) is 11.8. The van der Waals surface area contributed by atoms with Crippen molar-refractivity contribution in [2.45, 2.75) is 49.0 Å². The minimum Gasteiger partial charge on any atom is -0.448 e. The predicted octanol–water partition coefficient (Wildman–Crippen LogP) is 6.69. The summed E-state index contributed by atoms with van der Waals surface area (Å²) >= 11 is 0. The molecule has 2 amide bonds. The summed E-state index contributed by atoms with van der Waals surface area (Å²) in [5.74, 6) is -1.06. The van der Waals surface area contributed by atoms with Crippen molar-refractivity contribution in [1.82, 2.24) is 4.90 Å². The Kier molecular flexibility index (Phi) is 8.13. The highest BCUT2D eigenvalue weighted by Gasteiger charge is 2.51. The van der Waals surface area contributed by atoms with Gasteiger partial charge in [0.2, 0.25) is 0 Å². The molecule has 1 heterocycles. The first-order chi connectivity index (χ1) is 22.2. The maximum atomic E-state index is 13.8. The van der Waals surface area contributed by atoms with Crippen molar-refractivity contribution < 1.29 is 41.0 Å². The molecule has 0 saturated carbocycles. The minimum atomic E-state index is -4.92. The molecular formula is C35H31F3N2O6S. The molecule has 1 aliphatic carbocycles. The molecule has 4 aromatic rings. The molecule has 0 fully saturated rings. The Morgan fingerprint density at radius 1 is 0.915 bits per heavy atom. The molecule has 6 rings (SSSR count). The van der Waals surface area contributed by atoms with Crippen LogP contribution in [0.3, 0.4) is 0 Å². The molecular weight excluding hydrogens is 633 g/mol. The fraction of sp³-hybridized carbons (Fsp3) is 0.257. The number of amides is 2. The lowest BCUT2D eigenvalue weighted by molar-refractivity contribution is -0.258. The molecule has 2 unspecified atom stereocenters. The van der Waals surface area contributed by atoms with Crippen molar-refractivity contribution in [3.63, 3.8) is 0 Å². The second-order valence-corrected chi connectivity index (χ2v) is 14.0. The topological polar surface area (TPSA) is 113 Å². The summed E-state index contributed by atoms with van der Waals surface area (Å²) in [6, 6.07) is 23.3. The number of carbonyl (C=O) groups excluding carboxylic acids is 2. The Labute approximate surface area is 269 Å². The summed E-state index contributed by atoms with van der Waals surface area (Å²) in [6.07, 6.45) is -5.71. The van der Waals surface area contributed by atoms with Crippen molar-refractivity contribution in [3.05, 3.63) is 119 Å². The largest absolute Gasteiger partial charge is 0.448 e. The van der Waals surface area contributed by atoms with E-state index in [1.54, 1.807) is 0 Å². The van der Waals surface area contributed by atoms with E-state index in [1.807, 2.05) is 48.5 Å². The smallest absolute Gasteiger partial charge is 0.421 e. The predicted molar refractivity (Wildman–Crippen MR) is 168 cm³/mol. The van der Waals surface area contributed by atoms with Crippen LogP contribution in [0.5, 0.6) is 0 Å². The van der Waals surface area contributed by atoms with Crippen LogP contribution >= 0.6 is 0 Å². The molecule has 1 aliphatic heterocycles. The monoisotopic (exact) mass is 664 g/mol. The number of nitrogens with one attached hydrogen (secondary N) is 1. The van der Waals surface area contributed by atoms with Gasteiger partial charge in [0.25, 0.3) is 5.91 Å². The number of anilines is 1. The third kappa shape index (κ3) is 5.76. The fourth-order valence-corrected chi connectivity index (χ4v) is 7.10. The van der Waals surface area contributed by atoms with Crippen molar-refractivity contribution in [2.24, 2.45) is 0 Å². The van der Waals surface area contributed by atoms with E-state index in [0.29, 0.717) is 18.1 Å². The molecule has 12 heteroatoms. The van der Waals surface area contributed by atoms with Crippen molar-refractivity contribution in [1.29, 1.82) is 0 Å². The number of benzene rings is 4. The highest BCUT2D eigenvalue weighted by molar-refractivity contribution is 7.91. The lowest BCUT2D eigenvalue weighted by atomic mass is 9.95. The van der Waals surface area contributed by atoms with Crippen LogP contribution in [0.1, 0.15) is 53.6 Å². The Morgan fingerprint density at radius 2 is 1.51 bits per heavy atom. The number of sulfone groups is 1. The quantitative estimate of drug-likeness (QED) is 0.228. The van der Waals surface area contributed by atoms with Gasteiger partial charge in [-0.2, -0.15) is 13.2 Å². The van der Waals surface area contributed by atoms with Gasteiger partial charge in [-0.25, -0.2) is 13.2 Å². The third-order valence-corrected chi connectivity index (χ3v) is 10.6. The maximum absolute atomic E-state index is 13.8. The van der Waals surface area contributed by atoms with Crippen LogP contribution in [-0.2, 0) is 31.5 Å². The molecule has 0 aromatic heterocycles. The van der Waals surface area contributed by atoms with Gasteiger partial charge in [-0.15, -0.1) is 0 Å². The Hall–Kier alpha value is -4.68. The zero-order valence-corrected chi connectivity index (χ0v) is 26.2. The molecule has 0 bridgehead atoms. The lowest BCUT2D eigenvalue weighted by Gasteiger charge is -2.27. The zero-order valence-electron chi connectivity index (χ0n) is 25.4. The molecule has 47 heavy (non-hydrogen) atoms. The maximum Gasteiger partial charge on any atom is 0.421 e. The molecule has 4 aromatic carbocycles. The first kappa shape index (κ1) is 32.3. The molecule has 2 atom stereocenters. The van der Waals surface area contributed by atoms with E-state index in [2.05, 4.69) is 5.32 Å². The van der Waals surface area contributed by atoms with Gasteiger partial charge in [-0.3, -0.25) is 9.69 Å². The van der Waals surface area contributed by atoms with Gasteiger partial charge in [0.15, 0.2) is 15.4 Å². The van der Waals surface area contributed by atoms with Crippen LogP contribution in [0, 0.1) is 0 Å². The summed E-state index contributed by atoms with van der Waals surface area (Å²) in [5.41, 5.74) is 1.54. The Bertz CT molecular complexity index is 1930. The summed E-state index contributed by atoms with van der Waals surface area (Å²) in [4.78, 5) is 28.7. The molecule has 8 nitrogen and oxygen atoms in total. The van der Waals surface area contributed by atoms with Gasteiger partial charge >= 0.3 is 12.3 Å². The number of hydrogen-bond donors (Lipinski definition) is 2. The van der Waals surface area contributed by atoms with Gasteiger partial charge in [0.05, 0.1) is 17.2 Å². The number of fused-ring (bicyclic) bond motifs is 4. The second-order valence-electron chi connectivity index (χ2n) is 11.7. The van der Waals surface area contributed by atoms with Gasteiger partial charge < -0.3 is 15.2 Å². The van der Waals surface area contributed by atoms with Gasteiger partial charge in [0, 0.05) is 11.6 Å². The minimum absolute atomic E-state index is 0.00982. The number of alkyl halides is 3. The third-order valence-electron chi connectivity index (χ3n) is 8.89. The van der Waals surface area contributed by atoms with Crippen LogP contribution in [0.25, 0.3) is 11.1 Å². The highest BCUT2D eigenvalue weighted by Crippen LogP contribution is 2.45. The van der Waals surface area contributed by atoms with Crippen molar-refractivity contribution >= 4 is 27.5 Å². The van der Waals surface area contributed by atoms with E-state index in [1.165, 1.54) is 42.2 Å². The Morgan fingerprint density at radius 3 is 2.09 bits per heavy atom. The number of carbonyl (C=O) groups is 2. The van der Waals surface area contributed by atoms with Crippen LogP contribution in [0.4, 0.5) is 23.7 Å². The Balaban J connectivity index is 1.27. The number of halogens is 3. The van der Waals surface area contributed by atoms with Crippen LogP contribution < -0.4 is 5.32 Å². The summed E-state index contributed by atoms with van der Waals surface area (Å²) in [5, 5.41) is 12.6. The van der Waals surface area contributed by atoms with E-state index < -0.39 is 45.2 Å². The molecule has 0 saturated heterocycles. The average molecular weight is 665 g/mol. The van der Waals surface area contributed by atoms with Crippen LogP contribution in [-0.4, -0.2) is 49.0 Å². The van der Waals surface area contributed by atoms with Gasteiger partial charge in [-0.05, 0) is 70.1 Å². The number of rotatable bonds is 7. The number of nitrogens with zero attached hydrogens (tertiary/aromatic N) is 1. The van der Waals surface area contributed by atoms with Crippen LogP contribution in [0.2, 0.25) is 0 Å². The standard InChI is InChI=1S/C35H31F3N2O6S/c1-3-47(44,45)24-16-17-25-21(18-24)19-40(31(25)32(41)39-23-14-12-22(13-15-23)34(2,43)35(36,37)38)33(42)46-20-30-28-10-6-4-8-26(28)27-9-5-7-11-29(27)30/h4-18,30-31,43H,3,19-20H2,1-2H3,(H,39,41). The zero-order chi connectivity index (χ0) is 33.7. The number of hydrogen-bond acceptors (Lipinski definition) is 6. The number of aliphatic hydroxyl groups is 1. The normalized spacial score (nSPS) is 17.0. The van der Waals surface area contributed by atoms with Crippen LogP contribution in [0.15, 0.2) is 95.9 Å². The summed E-state index contributed by atoms with van der Waals surface area (Å²) < 4.78 is 71.0. The highest BCUT2D eigenvalue weighted by atomic mass is 32.2. The lowest BCUT2D eigenvalue weighted by Crippen LogP contribution is -2.39. The van der Waals surface area contributed by atoms with Crippen molar-refractivity contribution in [2.75, 3.05) is 17.7 Å². The van der Waals surface area contributed by atoms with Gasteiger partial charge in [-0.1, -0.05) is 73.7 Å². The van der Waals surface area contributed by atoms with E-state index in [4.69, 9.17) is 4.74 Å². The number of ether oxygens (including phenoxy) is 1.